The lowest BCUT2D eigenvalue weighted by Gasteiger charge is -2.15. The molecule has 1 atom stereocenters. The van der Waals surface area contributed by atoms with Gasteiger partial charge in [-0.15, -0.1) is 0 Å². The number of amides is 1. The third kappa shape index (κ3) is 4.73. The molecule has 0 aliphatic carbocycles. The summed E-state index contributed by atoms with van der Waals surface area (Å²) < 4.78 is 4.73. The van der Waals surface area contributed by atoms with Crippen molar-refractivity contribution in [3.63, 3.8) is 0 Å². The van der Waals surface area contributed by atoms with Crippen LogP contribution in [-0.2, 0) is 4.74 Å². The number of rotatable bonds is 6. The number of carbonyl (C=O) groups is 2. The van der Waals surface area contributed by atoms with Crippen LogP contribution in [0.4, 0.5) is 11.4 Å². The van der Waals surface area contributed by atoms with E-state index in [1.54, 1.807) is 30.5 Å². The highest BCUT2D eigenvalue weighted by molar-refractivity contribution is 5.95. The van der Waals surface area contributed by atoms with Crippen molar-refractivity contribution in [2.24, 2.45) is 0 Å². The molecule has 2 aromatic carbocycles. The number of nitrogens with one attached hydrogen (secondary N) is 2. The molecule has 0 spiro atoms. The van der Waals surface area contributed by atoms with Crippen molar-refractivity contribution in [3.05, 3.63) is 89.7 Å². The average Bonchev–Trinajstić information content (AvgIpc) is 2.74. The molecule has 6 heteroatoms. The second-order valence-electron chi connectivity index (χ2n) is 6.27. The zero-order valence-corrected chi connectivity index (χ0v) is 15.7. The summed E-state index contributed by atoms with van der Waals surface area (Å²) >= 11 is 0. The van der Waals surface area contributed by atoms with Crippen molar-refractivity contribution in [2.45, 2.75) is 13.0 Å². The lowest BCUT2D eigenvalue weighted by Crippen LogP contribution is -2.26. The number of hydrogen-bond donors (Lipinski definition) is 2. The van der Waals surface area contributed by atoms with Crippen LogP contribution in [0.3, 0.4) is 0 Å². The van der Waals surface area contributed by atoms with Gasteiger partial charge >= 0.3 is 5.97 Å². The molecule has 0 saturated heterocycles. The van der Waals surface area contributed by atoms with Crippen molar-refractivity contribution in [1.82, 2.24) is 10.3 Å². The number of methoxy groups -OCH3 is 1. The quantitative estimate of drug-likeness (QED) is 0.634. The Morgan fingerprint density at radius 1 is 0.929 bits per heavy atom. The fourth-order valence-electron chi connectivity index (χ4n) is 2.75. The molecule has 2 N–H and O–H groups in total. The van der Waals surface area contributed by atoms with Crippen LogP contribution < -0.4 is 10.6 Å². The number of esters is 1. The van der Waals surface area contributed by atoms with E-state index in [4.69, 9.17) is 4.74 Å². The molecule has 3 rings (SSSR count). The Morgan fingerprint density at radius 2 is 1.68 bits per heavy atom. The van der Waals surface area contributed by atoms with Crippen LogP contribution in [0.5, 0.6) is 0 Å². The first kappa shape index (κ1) is 19.1. The van der Waals surface area contributed by atoms with E-state index in [1.165, 1.54) is 13.3 Å². The standard InChI is InChI=1S/C22H21N3O3/c1-15(16-7-4-3-5-8-16)24-21(26)18-12-20(14-23-13-18)25-19-10-6-9-17(11-19)22(27)28-2/h3-15,25H,1-2H3,(H,24,26). The topological polar surface area (TPSA) is 80.3 Å². The zero-order valence-electron chi connectivity index (χ0n) is 15.7. The predicted molar refractivity (Wildman–Crippen MR) is 108 cm³/mol. The monoisotopic (exact) mass is 375 g/mol. The van der Waals surface area contributed by atoms with Gasteiger partial charge in [0.05, 0.1) is 36.2 Å². The van der Waals surface area contributed by atoms with Crippen molar-refractivity contribution in [1.29, 1.82) is 0 Å². The molecule has 28 heavy (non-hydrogen) atoms. The highest BCUT2D eigenvalue weighted by Gasteiger charge is 2.12. The van der Waals surface area contributed by atoms with Crippen molar-refractivity contribution < 1.29 is 14.3 Å². The summed E-state index contributed by atoms with van der Waals surface area (Å²) in [4.78, 5) is 28.4. The maximum Gasteiger partial charge on any atom is 0.337 e. The highest BCUT2D eigenvalue weighted by Crippen LogP contribution is 2.19. The molecule has 1 unspecified atom stereocenters. The Morgan fingerprint density at radius 3 is 2.43 bits per heavy atom. The smallest absolute Gasteiger partial charge is 0.337 e. The van der Waals surface area contributed by atoms with Gasteiger partial charge in [0.1, 0.15) is 0 Å². The van der Waals surface area contributed by atoms with E-state index in [2.05, 4.69) is 15.6 Å². The summed E-state index contributed by atoms with van der Waals surface area (Å²) in [7, 11) is 1.34. The molecule has 0 saturated carbocycles. The molecule has 0 aliphatic heterocycles. The van der Waals surface area contributed by atoms with Gasteiger partial charge in [0.15, 0.2) is 0 Å². The molecule has 1 aromatic heterocycles. The Labute approximate surface area is 163 Å². The molecule has 0 aliphatic rings. The molecule has 1 amide bonds. The third-order valence-corrected chi connectivity index (χ3v) is 4.22. The number of benzene rings is 2. The van der Waals surface area contributed by atoms with Gasteiger partial charge in [-0.05, 0) is 36.8 Å². The molecule has 142 valence electrons. The van der Waals surface area contributed by atoms with Crippen molar-refractivity contribution >= 4 is 23.3 Å². The molecule has 0 bridgehead atoms. The van der Waals surface area contributed by atoms with Crippen LogP contribution in [0.25, 0.3) is 0 Å². The SMILES string of the molecule is COC(=O)c1cccc(Nc2cncc(C(=O)NC(C)c3ccccc3)c2)c1. The van der Waals surface area contributed by atoms with Gasteiger partial charge in [-0.3, -0.25) is 9.78 Å². The van der Waals surface area contributed by atoms with E-state index in [1.807, 2.05) is 43.3 Å². The summed E-state index contributed by atoms with van der Waals surface area (Å²) in [5.41, 5.74) is 3.24. The number of ether oxygens (including phenoxy) is 1. The first-order valence-electron chi connectivity index (χ1n) is 8.83. The minimum Gasteiger partial charge on any atom is -0.465 e. The van der Waals surface area contributed by atoms with E-state index in [0.717, 1.165) is 5.56 Å². The Balaban J connectivity index is 1.72. The van der Waals surface area contributed by atoms with Gasteiger partial charge in [-0.2, -0.15) is 0 Å². The van der Waals surface area contributed by atoms with Crippen LogP contribution >= 0.6 is 0 Å². The van der Waals surface area contributed by atoms with E-state index < -0.39 is 5.97 Å². The Kier molecular flexibility index (Phi) is 6.01. The van der Waals surface area contributed by atoms with Gasteiger partial charge < -0.3 is 15.4 Å². The largest absolute Gasteiger partial charge is 0.465 e. The molecule has 6 nitrogen and oxygen atoms in total. The number of anilines is 2. The predicted octanol–water partition coefficient (Wildman–Crippen LogP) is 4.10. The van der Waals surface area contributed by atoms with E-state index in [9.17, 15) is 9.59 Å². The fraction of sp³-hybridized carbons (Fsp3) is 0.136. The normalized spacial score (nSPS) is 11.4. The number of aromatic nitrogens is 1. The first-order chi connectivity index (χ1) is 13.6. The Hall–Kier alpha value is -3.67. The lowest BCUT2D eigenvalue weighted by atomic mass is 10.1. The summed E-state index contributed by atoms with van der Waals surface area (Å²) in [5.74, 6) is -0.624. The summed E-state index contributed by atoms with van der Waals surface area (Å²) in [6.07, 6.45) is 3.13. The molecule has 0 radical (unpaired) electrons. The molecule has 0 fully saturated rings. The van der Waals surface area contributed by atoms with Gasteiger partial charge in [-0.25, -0.2) is 4.79 Å². The van der Waals surface area contributed by atoms with Crippen LogP contribution in [0.1, 0.15) is 39.2 Å². The highest BCUT2D eigenvalue weighted by atomic mass is 16.5. The Bertz CT molecular complexity index is 974. The molecular weight excluding hydrogens is 354 g/mol. The first-order valence-corrected chi connectivity index (χ1v) is 8.83. The maximum absolute atomic E-state index is 12.6. The van der Waals surface area contributed by atoms with E-state index >= 15 is 0 Å². The lowest BCUT2D eigenvalue weighted by molar-refractivity contribution is 0.0600. The molecule has 1 heterocycles. The minimum absolute atomic E-state index is 0.123. The number of carbonyl (C=O) groups excluding carboxylic acids is 2. The fourth-order valence-corrected chi connectivity index (χ4v) is 2.75. The average molecular weight is 375 g/mol. The second kappa shape index (κ2) is 8.81. The van der Waals surface area contributed by atoms with Gasteiger partial charge in [-0.1, -0.05) is 36.4 Å². The maximum atomic E-state index is 12.6. The van der Waals surface area contributed by atoms with Crippen LogP contribution in [0, 0.1) is 0 Å². The number of hydrogen-bond acceptors (Lipinski definition) is 5. The number of nitrogens with zero attached hydrogens (tertiary/aromatic N) is 1. The third-order valence-electron chi connectivity index (χ3n) is 4.22. The van der Waals surface area contributed by atoms with Crippen LogP contribution in [0.15, 0.2) is 73.1 Å². The van der Waals surface area contributed by atoms with E-state index in [0.29, 0.717) is 22.5 Å². The summed E-state index contributed by atoms with van der Waals surface area (Å²) in [6, 6.07) is 18.3. The minimum atomic E-state index is -0.412. The van der Waals surface area contributed by atoms with Crippen molar-refractivity contribution in [2.75, 3.05) is 12.4 Å². The molecule has 3 aromatic rings. The second-order valence-corrected chi connectivity index (χ2v) is 6.27. The van der Waals surface area contributed by atoms with Gasteiger partial charge in [0.2, 0.25) is 0 Å². The van der Waals surface area contributed by atoms with E-state index in [-0.39, 0.29) is 11.9 Å². The molecular formula is C22H21N3O3. The number of pyridine rings is 1. The summed E-state index contributed by atoms with van der Waals surface area (Å²) in [5, 5.41) is 6.12. The van der Waals surface area contributed by atoms with Gasteiger partial charge in [0.25, 0.3) is 5.91 Å². The van der Waals surface area contributed by atoms with Crippen LogP contribution in [-0.4, -0.2) is 24.0 Å². The van der Waals surface area contributed by atoms with Crippen molar-refractivity contribution in [3.8, 4) is 0 Å². The zero-order chi connectivity index (χ0) is 19.9. The van der Waals surface area contributed by atoms with Gasteiger partial charge in [0, 0.05) is 11.9 Å². The van der Waals surface area contributed by atoms with Crippen LogP contribution in [0.2, 0.25) is 0 Å². The summed E-state index contributed by atoms with van der Waals surface area (Å²) in [6.45, 7) is 1.93.